The molecular weight excluding hydrogens is 390 g/mol. The molecule has 1 aliphatic rings. The van der Waals surface area contributed by atoms with Gasteiger partial charge in [-0.1, -0.05) is 54.2 Å². The summed E-state index contributed by atoms with van der Waals surface area (Å²) in [4.78, 5) is 4.83. The van der Waals surface area contributed by atoms with E-state index in [1.54, 1.807) is 30.0 Å². The molecule has 3 N–H and O–H groups in total. The maximum Gasteiger partial charge on any atom is 0.261 e. The molecule has 1 unspecified atom stereocenters. The minimum absolute atomic E-state index is 0.235. The molecule has 3 aromatic rings. The zero-order chi connectivity index (χ0) is 19.8. The molecule has 0 saturated heterocycles. The first-order valence-electron chi connectivity index (χ1n) is 8.96. The lowest BCUT2D eigenvalue weighted by molar-refractivity contribution is 0.482. The molecule has 0 amide bonds. The van der Waals surface area contributed by atoms with Crippen molar-refractivity contribution < 1.29 is 8.42 Å². The van der Waals surface area contributed by atoms with Gasteiger partial charge in [0.2, 0.25) is 0 Å². The first-order chi connectivity index (χ1) is 13.4. The van der Waals surface area contributed by atoms with Crippen LogP contribution in [0.1, 0.15) is 18.9 Å². The summed E-state index contributed by atoms with van der Waals surface area (Å²) in [6, 6.07) is 20.2. The fourth-order valence-electron chi connectivity index (χ4n) is 3.36. The number of nitrogens with zero attached hydrogens (tertiary/aromatic N) is 1. The molecule has 0 aromatic heterocycles. The van der Waals surface area contributed by atoms with Crippen LogP contribution in [0.2, 0.25) is 0 Å². The van der Waals surface area contributed by atoms with Crippen LogP contribution in [0.5, 0.6) is 0 Å². The van der Waals surface area contributed by atoms with Crippen LogP contribution in [0.25, 0.3) is 10.8 Å². The van der Waals surface area contributed by atoms with Crippen LogP contribution in [0.3, 0.4) is 0 Å². The molecule has 0 aliphatic carbocycles. The molecule has 0 fully saturated rings. The van der Waals surface area contributed by atoms with E-state index < -0.39 is 15.6 Å². The topological polar surface area (TPSA) is 84.5 Å². The first-order valence-corrected chi connectivity index (χ1v) is 11.4. The van der Waals surface area contributed by atoms with Gasteiger partial charge in [-0.2, -0.15) is 0 Å². The number of fused-ring (bicyclic) bond motifs is 1. The third-order valence-electron chi connectivity index (χ3n) is 4.96. The molecule has 1 aliphatic heterocycles. The van der Waals surface area contributed by atoms with Crippen molar-refractivity contribution in [3.63, 3.8) is 0 Å². The quantitative estimate of drug-likeness (QED) is 0.670. The summed E-state index contributed by atoms with van der Waals surface area (Å²) in [5.74, 6) is 0.888. The van der Waals surface area contributed by atoms with Crippen molar-refractivity contribution in [2.45, 2.75) is 23.8 Å². The van der Waals surface area contributed by atoms with Crippen molar-refractivity contribution in [1.29, 1.82) is 0 Å². The van der Waals surface area contributed by atoms with Crippen molar-refractivity contribution in [3.05, 3.63) is 72.3 Å². The van der Waals surface area contributed by atoms with Crippen molar-refractivity contribution in [3.8, 4) is 0 Å². The Morgan fingerprint density at radius 3 is 2.61 bits per heavy atom. The van der Waals surface area contributed by atoms with Crippen LogP contribution in [0.4, 0.5) is 5.69 Å². The minimum Gasteiger partial charge on any atom is -0.379 e. The molecule has 5 nitrogen and oxygen atoms in total. The lowest BCUT2D eigenvalue weighted by Crippen LogP contribution is -2.28. The molecule has 144 valence electrons. The number of anilines is 1. The predicted octanol–water partition coefficient (Wildman–Crippen LogP) is 4.31. The third-order valence-corrected chi connectivity index (χ3v) is 7.14. The largest absolute Gasteiger partial charge is 0.379 e. The van der Waals surface area contributed by atoms with Gasteiger partial charge in [0, 0.05) is 11.4 Å². The van der Waals surface area contributed by atoms with E-state index in [1.807, 2.05) is 55.5 Å². The fraction of sp³-hybridized carbons (Fsp3) is 0.190. The Hall–Kier alpha value is -2.51. The number of aliphatic imine (C=N–C) groups is 1. The molecule has 1 heterocycles. The molecule has 7 heteroatoms. The van der Waals surface area contributed by atoms with Crippen molar-refractivity contribution in [2.24, 2.45) is 10.7 Å². The van der Waals surface area contributed by atoms with E-state index in [0.717, 1.165) is 28.5 Å². The Kier molecular flexibility index (Phi) is 4.81. The van der Waals surface area contributed by atoms with Crippen LogP contribution in [-0.4, -0.2) is 19.3 Å². The summed E-state index contributed by atoms with van der Waals surface area (Å²) in [5, 5.41) is 2.45. The number of thioether (sulfide) groups is 1. The highest BCUT2D eigenvalue weighted by Crippen LogP contribution is 2.36. The number of hydrogen-bond acceptors (Lipinski definition) is 5. The van der Waals surface area contributed by atoms with E-state index in [0.29, 0.717) is 10.9 Å². The number of sulfonamides is 1. The van der Waals surface area contributed by atoms with Gasteiger partial charge in [-0.25, -0.2) is 8.42 Å². The average Bonchev–Trinajstić information content (AvgIpc) is 2.67. The van der Waals surface area contributed by atoms with Gasteiger partial charge in [0.1, 0.15) is 0 Å². The van der Waals surface area contributed by atoms with Crippen LogP contribution < -0.4 is 10.5 Å². The van der Waals surface area contributed by atoms with Gasteiger partial charge in [0.25, 0.3) is 10.0 Å². The zero-order valence-electron chi connectivity index (χ0n) is 15.4. The minimum atomic E-state index is -3.70. The Labute approximate surface area is 169 Å². The van der Waals surface area contributed by atoms with Crippen molar-refractivity contribution in [2.75, 3.05) is 10.5 Å². The maximum atomic E-state index is 12.9. The second-order valence-electron chi connectivity index (χ2n) is 7.02. The number of benzene rings is 3. The summed E-state index contributed by atoms with van der Waals surface area (Å²) in [7, 11) is -3.70. The average molecular weight is 412 g/mol. The Morgan fingerprint density at radius 1 is 1.04 bits per heavy atom. The normalized spacial score (nSPS) is 20.0. The first kappa shape index (κ1) is 18.8. The summed E-state index contributed by atoms with van der Waals surface area (Å²) in [5.41, 5.74) is 6.92. The Balaban J connectivity index is 1.65. The number of amidine groups is 1. The number of nitrogens with two attached hydrogens (primary N) is 1. The van der Waals surface area contributed by atoms with Gasteiger partial charge in [-0.3, -0.25) is 9.71 Å². The maximum absolute atomic E-state index is 12.9. The summed E-state index contributed by atoms with van der Waals surface area (Å²) >= 11 is 1.54. The molecule has 0 saturated carbocycles. The summed E-state index contributed by atoms with van der Waals surface area (Å²) in [6.45, 7) is 2.02. The van der Waals surface area contributed by atoms with Crippen molar-refractivity contribution >= 4 is 43.4 Å². The van der Waals surface area contributed by atoms with Gasteiger partial charge in [-0.15, -0.1) is 0 Å². The van der Waals surface area contributed by atoms with Crippen molar-refractivity contribution in [1.82, 2.24) is 0 Å². The van der Waals surface area contributed by atoms with Gasteiger partial charge >= 0.3 is 0 Å². The Bertz CT molecular complexity index is 1170. The standard InChI is InChI=1S/C21H21N3O2S2/c1-21(11-12-27-20(22)23-21)17-7-4-8-18(14-17)24-28(25,26)19-10-9-15-5-2-3-6-16(15)13-19/h2-10,13-14,24H,11-12H2,1H3,(H2,22,23). The molecule has 28 heavy (non-hydrogen) atoms. The van der Waals surface area contributed by atoms with Gasteiger partial charge in [-0.05, 0) is 53.9 Å². The van der Waals surface area contributed by atoms with Crippen LogP contribution in [-0.2, 0) is 15.6 Å². The molecule has 0 bridgehead atoms. The summed E-state index contributed by atoms with van der Waals surface area (Å²) in [6.07, 6.45) is 0.846. The predicted molar refractivity (Wildman–Crippen MR) is 117 cm³/mol. The zero-order valence-corrected chi connectivity index (χ0v) is 17.1. The second-order valence-corrected chi connectivity index (χ2v) is 9.82. The van der Waals surface area contributed by atoms with E-state index in [9.17, 15) is 8.42 Å². The number of hydrogen-bond donors (Lipinski definition) is 2. The van der Waals surface area contributed by atoms with Crippen LogP contribution in [0.15, 0.2) is 76.6 Å². The number of rotatable bonds is 4. The SMILES string of the molecule is CC1(c2cccc(NS(=O)(=O)c3ccc4ccccc4c3)c2)CCSC(N)=N1. The van der Waals surface area contributed by atoms with E-state index >= 15 is 0 Å². The van der Waals surface area contributed by atoms with Crippen LogP contribution >= 0.6 is 11.8 Å². The smallest absolute Gasteiger partial charge is 0.261 e. The highest BCUT2D eigenvalue weighted by molar-refractivity contribution is 8.13. The molecule has 0 radical (unpaired) electrons. The Morgan fingerprint density at radius 2 is 1.82 bits per heavy atom. The molecular formula is C21H21N3O2S2. The number of nitrogens with one attached hydrogen (secondary N) is 1. The second kappa shape index (κ2) is 7.14. The van der Waals surface area contributed by atoms with Crippen LogP contribution in [0, 0.1) is 0 Å². The van der Waals surface area contributed by atoms with E-state index in [1.165, 1.54) is 0 Å². The van der Waals surface area contributed by atoms with Gasteiger partial charge in [0.05, 0.1) is 10.4 Å². The highest BCUT2D eigenvalue weighted by atomic mass is 32.2. The van der Waals surface area contributed by atoms with E-state index in [4.69, 9.17) is 5.73 Å². The van der Waals surface area contributed by atoms with E-state index in [2.05, 4.69) is 9.71 Å². The molecule has 3 aromatic carbocycles. The third kappa shape index (κ3) is 3.72. The lowest BCUT2D eigenvalue weighted by Gasteiger charge is -2.30. The van der Waals surface area contributed by atoms with Gasteiger partial charge in [0.15, 0.2) is 5.17 Å². The monoisotopic (exact) mass is 411 g/mol. The fourth-order valence-corrected chi connectivity index (χ4v) is 5.42. The van der Waals surface area contributed by atoms with Gasteiger partial charge < -0.3 is 5.73 Å². The highest BCUT2D eigenvalue weighted by Gasteiger charge is 2.29. The molecule has 1 atom stereocenters. The lowest BCUT2D eigenvalue weighted by atomic mass is 9.89. The van der Waals surface area contributed by atoms with E-state index in [-0.39, 0.29) is 4.90 Å². The summed E-state index contributed by atoms with van der Waals surface area (Å²) < 4.78 is 28.5. The molecule has 4 rings (SSSR count). The molecule has 0 spiro atoms.